The zero-order valence-electron chi connectivity index (χ0n) is 9.42. The lowest BCUT2D eigenvalue weighted by Gasteiger charge is -2.24. The third kappa shape index (κ3) is 4.61. The molecule has 0 aromatic heterocycles. The van der Waals surface area contributed by atoms with Gasteiger partial charge in [-0.1, -0.05) is 39.5 Å². The maximum atomic E-state index is 10.7. The topological polar surface area (TPSA) is 57.5 Å². The van der Waals surface area contributed by atoms with E-state index < -0.39 is 11.6 Å². The van der Waals surface area contributed by atoms with E-state index >= 15 is 0 Å². The van der Waals surface area contributed by atoms with Crippen molar-refractivity contribution in [3.05, 3.63) is 0 Å². The fourth-order valence-corrected chi connectivity index (χ4v) is 1.81. The first-order valence-corrected chi connectivity index (χ1v) is 5.39. The van der Waals surface area contributed by atoms with Crippen molar-refractivity contribution < 1.29 is 15.0 Å². The van der Waals surface area contributed by atoms with Crippen LogP contribution in [0.1, 0.15) is 52.9 Å². The van der Waals surface area contributed by atoms with Crippen LogP contribution in [0.25, 0.3) is 0 Å². The van der Waals surface area contributed by atoms with Gasteiger partial charge in [0.05, 0.1) is 0 Å². The van der Waals surface area contributed by atoms with Gasteiger partial charge in [0.25, 0.3) is 0 Å². The molecule has 0 saturated carbocycles. The molecule has 0 aromatic carbocycles. The van der Waals surface area contributed by atoms with Crippen molar-refractivity contribution in [1.82, 2.24) is 0 Å². The Bertz CT molecular complexity index is 169. The Kier molecular flexibility index (Phi) is 5.77. The molecule has 3 heteroatoms. The lowest BCUT2D eigenvalue weighted by atomic mass is 9.86. The predicted molar refractivity (Wildman–Crippen MR) is 56.2 cm³/mol. The van der Waals surface area contributed by atoms with Gasteiger partial charge in [-0.2, -0.15) is 0 Å². The molecule has 1 atom stereocenters. The van der Waals surface area contributed by atoms with Gasteiger partial charge >= 0.3 is 5.97 Å². The highest BCUT2D eigenvalue weighted by molar-refractivity contribution is 5.76. The van der Waals surface area contributed by atoms with Crippen LogP contribution in [0.3, 0.4) is 0 Å². The van der Waals surface area contributed by atoms with Crippen LogP contribution in [0.15, 0.2) is 0 Å². The smallest absolute Gasteiger partial charge is 0.335 e. The summed E-state index contributed by atoms with van der Waals surface area (Å²) >= 11 is 0. The van der Waals surface area contributed by atoms with Gasteiger partial charge < -0.3 is 10.2 Å². The molecule has 0 saturated heterocycles. The number of aliphatic hydroxyl groups is 1. The Morgan fingerprint density at radius 1 is 1.29 bits per heavy atom. The highest BCUT2D eigenvalue weighted by Crippen LogP contribution is 2.24. The quantitative estimate of drug-likeness (QED) is 0.666. The van der Waals surface area contributed by atoms with Gasteiger partial charge in [-0.15, -0.1) is 0 Å². The molecule has 1 unspecified atom stereocenters. The number of aliphatic carboxylic acids is 1. The van der Waals surface area contributed by atoms with Gasteiger partial charge in [-0.3, -0.25) is 0 Å². The highest BCUT2D eigenvalue weighted by atomic mass is 16.4. The molecular weight excluding hydrogens is 180 g/mol. The van der Waals surface area contributed by atoms with Crippen molar-refractivity contribution in [3.63, 3.8) is 0 Å². The molecule has 84 valence electrons. The van der Waals surface area contributed by atoms with Gasteiger partial charge in [-0.05, 0) is 19.3 Å². The second-order valence-electron chi connectivity index (χ2n) is 4.23. The first-order valence-electron chi connectivity index (χ1n) is 5.39. The van der Waals surface area contributed by atoms with Crippen LogP contribution in [0, 0.1) is 5.92 Å². The molecule has 0 radical (unpaired) electrons. The van der Waals surface area contributed by atoms with Crippen LogP contribution in [0.4, 0.5) is 0 Å². The van der Waals surface area contributed by atoms with E-state index in [4.69, 9.17) is 5.11 Å². The van der Waals surface area contributed by atoms with Crippen LogP contribution in [-0.2, 0) is 4.79 Å². The zero-order valence-corrected chi connectivity index (χ0v) is 9.42. The second-order valence-corrected chi connectivity index (χ2v) is 4.23. The lowest BCUT2D eigenvalue weighted by Crippen LogP contribution is -2.37. The summed E-state index contributed by atoms with van der Waals surface area (Å²) in [5.74, 6) is -0.786. The van der Waals surface area contributed by atoms with Crippen molar-refractivity contribution in [1.29, 1.82) is 0 Å². The maximum Gasteiger partial charge on any atom is 0.335 e. The summed E-state index contributed by atoms with van der Waals surface area (Å²) in [5.41, 5.74) is -1.56. The van der Waals surface area contributed by atoms with Crippen molar-refractivity contribution >= 4 is 5.97 Å². The van der Waals surface area contributed by atoms with E-state index in [-0.39, 0.29) is 0 Å². The molecule has 0 aliphatic rings. The van der Waals surface area contributed by atoms with E-state index in [0.717, 1.165) is 25.7 Å². The van der Waals surface area contributed by atoms with Crippen LogP contribution in [0.2, 0.25) is 0 Å². The van der Waals surface area contributed by atoms with Crippen LogP contribution in [-0.4, -0.2) is 21.8 Å². The fourth-order valence-electron chi connectivity index (χ4n) is 1.81. The first kappa shape index (κ1) is 13.4. The molecule has 0 heterocycles. The van der Waals surface area contributed by atoms with Gasteiger partial charge in [0.1, 0.15) is 0 Å². The molecule has 0 fully saturated rings. The molecule has 0 spiro atoms. The minimum absolute atomic E-state index is 0.330. The Balaban J connectivity index is 4.19. The summed E-state index contributed by atoms with van der Waals surface area (Å²) in [6, 6.07) is 0. The standard InChI is InChI=1S/C11H22O3/c1-4-6-9(7-5-2)8-11(3,14)10(12)13/h9,14H,4-8H2,1-3H3,(H,12,13). The second kappa shape index (κ2) is 6.02. The minimum atomic E-state index is -1.56. The van der Waals surface area contributed by atoms with E-state index in [1.807, 2.05) is 0 Å². The number of carbonyl (C=O) groups is 1. The van der Waals surface area contributed by atoms with Crippen LogP contribution < -0.4 is 0 Å². The molecule has 0 aromatic rings. The lowest BCUT2D eigenvalue weighted by molar-refractivity contribution is -0.158. The number of carboxylic acid groups (broad SMARTS) is 1. The summed E-state index contributed by atoms with van der Waals surface area (Å²) in [5, 5.41) is 18.4. The van der Waals surface area contributed by atoms with E-state index in [2.05, 4.69) is 13.8 Å². The van der Waals surface area contributed by atoms with Crippen LogP contribution >= 0.6 is 0 Å². The molecule has 14 heavy (non-hydrogen) atoms. The molecule has 0 rings (SSSR count). The molecule has 2 N–H and O–H groups in total. The SMILES string of the molecule is CCCC(CCC)CC(C)(O)C(=O)O. The zero-order chi connectivity index (χ0) is 11.2. The van der Waals surface area contributed by atoms with E-state index in [1.165, 1.54) is 6.92 Å². The monoisotopic (exact) mass is 202 g/mol. The molecule has 0 bridgehead atoms. The molecule has 0 aliphatic carbocycles. The maximum absolute atomic E-state index is 10.7. The van der Waals surface area contributed by atoms with E-state index in [0.29, 0.717) is 12.3 Å². The van der Waals surface area contributed by atoms with Crippen LogP contribution in [0.5, 0.6) is 0 Å². The Morgan fingerprint density at radius 2 is 1.71 bits per heavy atom. The summed E-state index contributed by atoms with van der Waals surface area (Å²) < 4.78 is 0. The summed E-state index contributed by atoms with van der Waals surface area (Å²) in [6.45, 7) is 5.55. The molecule has 3 nitrogen and oxygen atoms in total. The first-order chi connectivity index (χ1) is 6.44. The van der Waals surface area contributed by atoms with Gasteiger partial charge in [0.2, 0.25) is 0 Å². The number of rotatable bonds is 7. The molecule has 0 amide bonds. The summed E-state index contributed by atoms with van der Waals surface area (Å²) in [4.78, 5) is 10.7. The number of carboxylic acids is 1. The third-order valence-electron chi connectivity index (χ3n) is 2.54. The van der Waals surface area contributed by atoms with Gasteiger partial charge in [0.15, 0.2) is 5.60 Å². The van der Waals surface area contributed by atoms with Gasteiger partial charge in [-0.25, -0.2) is 4.79 Å². The Labute approximate surface area is 86.1 Å². The number of hydrogen-bond acceptors (Lipinski definition) is 2. The van der Waals surface area contributed by atoms with E-state index in [9.17, 15) is 9.90 Å². The Morgan fingerprint density at radius 3 is 2.00 bits per heavy atom. The summed E-state index contributed by atoms with van der Waals surface area (Å²) in [6.07, 6.45) is 4.44. The third-order valence-corrected chi connectivity index (χ3v) is 2.54. The summed E-state index contributed by atoms with van der Waals surface area (Å²) in [7, 11) is 0. The fraction of sp³-hybridized carbons (Fsp3) is 0.909. The Hall–Kier alpha value is -0.570. The normalized spacial score (nSPS) is 15.5. The average Bonchev–Trinajstić information content (AvgIpc) is 2.04. The largest absolute Gasteiger partial charge is 0.479 e. The van der Waals surface area contributed by atoms with Crippen molar-refractivity contribution in [2.24, 2.45) is 5.92 Å². The predicted octanol–water partition coefficient (Wildman–Crippen LogP) is 2.43. The van der Waals surface area contributed by atoms with Gasteiger partial charge in [0, 0.05) is 0 Å². The highest BCUT2D eigenvalue weighted by Gasteiger charge is 2.32. The van der Waals surface area contributed by atoms with Crippen molar-refractivity contribution in [2.45, 2.75) is 58.5 Å². The molecule has 0 aliphatic heterocycles. The van der Waals surface area contributed by atoms with E-state index in [1.54, 1.807) is 0 Å². The molecular formula is C11H22O3. The van der Waals surface area contributed by atoms with Crippen molar-refractivity contribution in [3.8, 4) is 0 Å². The minimum Gasteiger partial charge on any atom is -0.479 e. The van der Waals surface area contributed by atoms with Crippen molar-refractivity contribution in [2.75, 3.05) is 0 Å². The number of hydrogen-bond donors (Lipinski definition) is 2. The average molecular weight is 202 g/mol.